The first-order valence-electron chi connectivity index (χ1n) is 16.7. The van der Waals surface area contributed by atoms with E-state index >= 15 is 0 Å². The van der Waals surface area contributed by atoms with Crippen LogP contribution in [0.2, 0.25) is 0 Å². The number of rotatable bonds is 20. The lowest BCUT2D eigenvalue weighted by atomic mass is 10.1. The highest BCUT2D eigenvalue weighted by atomic mass is 79.9. The summed E-state index contributed by atoms with van der Waals surface area (Å²) in [5.41, 5.74) is 4.19. The van der Waals surface area contributed by atoms with E-state index < -0.39 is 0 Å². The molecule has 45 heavy (non-hydrogen) atoms. The number of amides is 1. The van der Waals surface area contributed by atoms with E-state index in [1.54, 1.807) is 18.9 Å². The molecule has 0 aliphatic heterocycles. The Morgan fingerprint density at radius 3 is 2.09 bits per heavy atom. The Morgan fingerprint density at radius 1 is 0.800 bits per heavy atom. The second kappa shape index (κ2) is 19.9. The van der Waals surface area contributed by atoms with Crippen LogP contribution in [0.4, 0.5) is 5.69 Å². The highest BCUT2D eigenvalue weighted by Crippen LogP contribution is 2.30. The van der Waals surface area contributed by atoms with E-state index in [2.05, 4.69) is 40.7 Å². The van der Waals surface area contributed by atoms with Gasteiger partial charge in [-0.3, -0.25) is 4.79 Å². The number of unbranched alkanes of at least 4 members (excludes halogenated alkanes) is 11. The molecule has 0 spiro atoms. The third-order valence-electron chi connectivity index (χ3n) is 8.39. The number of H-pyrrole nitrogens is 1. The number of anilines is 1. The summed E-state index contributed by atoms with van der Waals surface area (Å²) in [5, 5.41) is 0. The lowest BCUT2D eigenvalue weighted by Crippen LogP contribution is -3.00. The Morgan fingerprint density at radius 2 is 1.44 bits per heavy atom. The normalized spacial score (nSPS) is 10.9. The summed E-state index contributed by atoms with van der Waals surface area (Å²) in [6.07, 6.45) is 20.7. The molecule has 6 nitrogen and oxygen atoms in total. The summed E-state index contributed by atoms with van der Waals surface area (Å²) in [4.78, 5) is 17.9. The third-order valence-corrected chi connectivity index (χ3v) is 8.39. The van der Waals surface area contributed by atoms with Gasteiger partial charge in [0.15, 0.2) is 17.0 Å². The topological polar surface area (TPSA) is 58.7 Å². The quantitative estimate of drug-likeness (QED) is 0.0924. The van der Waals surface area contributed by atoms with E-state index in [-0.39, 0.29) is 22.9 Å². The van der Waals surface area contributed by atoms with Gasteiger partial charge in [0.25, 0.3) is 5.82 Å². The van der Waals surface area contributed by atoms with Crippen molar-refractivity contribution in [2.24, 2.45) is 0 Å². The number of benzene rings is 2. The lowest BCUT2D eigenvalue weighted by Gasteiger charge is -2.22. The maximum absolute atomic E-state index is 12.7. The van der Waals surface area contributed by atoms with E-state index in [1.807, 2.05) is 48.7 Å². The minimum atomic E-state index is -0.00144. The highest BCUT2D eigenvalue weighted by molar-refractivity contribution is 5.91. The number of aromatic nitrogens is 2. The molecule has 1 N–H and O–H groups in total. The number of halogens is 1. The number of hydrogen-bond donors (Lipinski definition) is 1. The van der Waals surface area contributed by atoms with Gasteiger partial charge in [-0.1, -0.05) is 102 Å². The zero-order valence-electron chi connectivity index (χ0n) is 27.5. The van der Waals surface area contributed by atoms with E-state index in [0.29, 0.717) is 13.2 Å². The average molecular weight is 679 g/mol. The number of fused-ring (bicyclic) bond motifs is 1. The molecule has 1 amide bonds. The third kappa shape index (κ3) is 11.5. The van der Waals surface area contributed by atoms with Gasteiger partial charge in [0, 0.05) is 12.6 Å². The molecule has 0 saturated heterocycles. The van der Waals surface area contributed by atoms with Gasteiger partial charge in [0.1, 0.15) is 6.20 Å². The Labute approximate surface area is 280 Å². The summed E-state index contributed by atoms with van der Waals surface area (Å²) in [7, 11) is 1.67. The molecule has 2 aromatic carbocycles. The van der Waals surface area contributed by atoms with E-state index in [0.717, 1.165) is 46.9 Å². The van der Waals surface area contributed by atoms with Crippen molar-refractivity contribution in [2.45, 2.75) is 104 Å². The monoisotopic (exact) mass is 677 g/mol. The molecule has 244 valence electrons. The molecule has 0 fully saturated rings. The van der Waals surface area contributed by atoms with Gasteiger partial charge < -0.3 is 31.4 Å². The van der Waals surface area contributed by atoms with Gasteiger partial charge in [0.05, 0.1) is 32.9 Å². The smallest absolute Gasteiger partial charge is 0.263 e. The van der Waals surface area contributed by atoms with Crippen molar-refractivity contribution in [1.29, 1.82) is 0 Å². The standard InChI is InChI=1S/C38H51N3O3.BrH/c1-4-5-6-7-8-9-10-11-12-13-14-17-26-44-37-27-33(21-24-36(37)43-3)30-41(31(2)42)34-22-19-32(20-23-34)28-38-39-29-35-18-15-16-25-40(35)38;/h15-16,18-25,27,29H,4-14,17,26,28,30H2,1-3H3;1H. The summed E-state index contributed by atoms with van der Waals surface area (Å²) in [6.45, 7) is 5.02. The molecule has 0 atom stereocenters. The van der Waals surface area contributed by atoms with Crippen molar-refractivity contribution in [3.05, 3.63) is 90.0 Å². The molecule has 2 aromatic heterocycles. The number of methoxy groups -OCH3 is 1. The zero-order valence-corrected chi connectivity index (χ0v) is 29.1. The van der Waals surface area contributed by atoms with Crippen molar-refractivity contribution in [1.82, 2.24) is 4.98 Å². The van der Waals surface area contributed by atoms with Crippen LogP contribution in [0, 0.1) is 0 Å². The van der Waals surface area contributed by atoms with Gasteiger partial charge in [-0.05, 0) is 53.9 Å². The fraction of sp³-hybridized carbons (Fsp3) is 0.474. The van der Waals surface area contributed by atoms with Crippen LogP contribution in [0.3, 0.4) is 0 Å². The SMILES string of the molecule is CCCCCCCCCCCCCCOc1cc(CN(C(C)=O)c2ccc(Cc3[nH]cc4cccc[n+]34)cc2)ccc1OC.[Br-]. The van der Waals surface area contributed by atoms with Gasteiger partial charge in [-0.25, -0.2) is 4.98 Å². The molecule has 0 aliphatic carbocycles. The molecule has 0 bridgehead atoms. The Balaban J connectivity index is 0.00000552. The molecule has 2 heterocycles. The van der Waals surface area contributed by atoms with Crippen molar-refractivity contribution in [3.63, 3.8) is 0 Å². The number of nitrogens with one attached hydrogen (secondary N) is 1. The summed E-state index contributed by atoms with van der Waals surface area (Å²) >= 11 is 0. The highest BCUT2D eigenvalue weighted by Gasteiger charge is 2.16. The summed E-state index contributed by atoms with van der Waals surface area (Å²) in [5.74, 6) is 2.58. The van der Waals surface area contributed by atoms with Crippen LogP contribution in [0.1, 0.15) is 108 Å². The zero-order chi connectivity index (χ0) is 31.0. The molecule has 4 aromatic rings. The molecule has 0 radical (unpaired) electrons. The maximum atomic E-state index is 12.7. The number of pyridine rings is 1. The number of aromatic amines is 1. The van der Waals surface area contributed by atoms with E-state index in [1.165, 1.54) is 76.2 Å². The predicted molar refractivity (Wildman–Crippen MR) is 180 cm³/mol. The van der Waals surface area contributed by atoms with Crippen LogP contribution in [0.5, 0.6) is 11.5 Å². The average Bonchev–Trinajstić information content (AvgIpc) is 3.45. The lowest BCUT2D eigenvalue weighted by molar-refractivity contribution is -0.520. The number of nitrogens with zero attached hydrogens (tertiary/aromatic N) is 2. The van der Waals surface area contributed by atoms with Crippen LogP contribution in [0.25, 0.3) is 5.52 Å². The van der Waals surface area contributed by atoms with Gasteiger partial charge in [-0.2, -0.15) is 4.40 Å². The Kier molecular flexibility index (Phi) is 16.0. The summed E-state index contributed by atoms with van der Waals surface area (Å²) < 4.78 is 13.9. The fourth-order valence-electron chi connectivity index (χ4n) is 5.79. The van der Waals surface area contributed by atoms with Crippen LogP contribution in [0.15, 0.2) is 73.1 Å². The van der Waals surface area contributed by atoms with Gasteiger partial charge in [-0.15, -0.1) is 0 Å². The number of carbonyl (C=O) groups is 1. The maximum Gasteiger partial charge on any atom is 0.263 e. The first kappa shape index (κ1) is 36.2. The molecular formula is C38H52BrN3O3. The number of carbonyl (C=O) groups excluding carboxylic acids is 1. The number of hydrogen-bond acceptors (Lipinski definition) is 3. The Hall–Kier alpha value is -3.32. The van der Waals surface area contributed by atoms with Crippen molar-refractivity contribution in [3.8, 4) is 11.5 Å². The second-order valence-electron chi connectivity index (χ2n) is 11.9. The van der Waals surface area contributed by atoms with Gasteiger partial charge >= 0.3 is 0 Å². The largest absolute Gasteiger partial charge is 1.00 e. The molecule has 7 heteroatoms. The molecule has 4 rings (SSSR count). The molecular weight excluding hydrogens is 626 g/mol. The van der Waals surface area contributed by atoms with Crippen molar-refractivity contribution < 1.29 is 35.7 Å². The minimum absolute atomic E-state index is 0. The predicted octanol–water partition coefficient (Wildman–Crippen LogP) is 5.99. The van der Waals surface area contributed by atoms with Crippen LogP contribution < -0.4 is 35.8 Å². The van der Waals surface area contributed by atoms with Crippen LogP contribution >= 0.6 is 0 Å². The Bertz CT molecular complexity index is 1420. The van der Waals surface area contributed by atoms with Gasteiger partial charge in [0.2, 0.25) is 5.91 Å². The molecule has 0 aliphatic rings. The fourth-order valence-corrected chi connectivity index (χ4v) is 5.79. The molecule has 0 saturated carbocycles. The number of imidazole rings is 1. The first-order valence-corrected chi connectivity index (χ1v) is 16.7. The summed E-state index contributed by atoms with van der Waals surface area (Å²) in [6, 6.07) is 20.4. The van der Waals surface area contributed by atoms with Crippen LogP contribution in [-0.4, -0.2) is 24.6 Å². The second-order valence-corrected chi connectivity index (χ2v) is 11.9. The van der Waals surface area contributed by atoms with E-state index in [4.69, 9.17) is 9.47 Å². The van der Waals surface area contributed by atoms with Crippen molar-refractivity contribution in [2.75, 3.05) is 18.6 Å². The van der Waals surface area contributed by atoms with Crippen molar-refractivity contribution >= 4 is 17.1 Å². The van der Waals surface area contributed by atoms with Crippen LogP contribution in [-0.2, 0) is 17.8 Å². The number of ether oxygens (including phenoxy) is 2. The minimum Gasteiger partial charge on any atom is -1.00 e. The first-order chi connectivity index (χ1) is 21.6. The van der Waals surface area contributed by atoms with E-state index in [9.17, 15) is 4.79 Å². The molecule has 0 unspecified atom stereocenters.